The van der Waals surface area contributed by atoms with Gasteiger partial charge in [-0.15, -0.1) is 22.7 Å². The summed E-state index contributed by atoms with van der Waals surface area (Å²) in [6.07, 6.45) is 0. The second-order valence-corrected chi connectivity index (χ2v) is 34.8. The van der Waals surface area contributed by atoms with Crippen LogP contribution in [0.5, 0.6) is 0 Å². The van der Waals surface area contributed by atoms with E-state index in [2.05, 4.69) is 483 Å². The van der Waals surface area contributed by atoms with Crippen LogP contribution in [0.2, 0.25) is 0 Å². The second kappa shape index (κ2) is 28.5. The topological polar surface area (TPSA) is 6.48 Å². The van der Waals surface area contributed by atoms with Gasteiger partial charge in [-0.05, 0) is 201 Å². The van der Waals surface area contributed by atoms with Crippen LogP contribution in [-0.4, -0.2) is 0 Å². The maximum atomic E-state index is 2.53. The normalized spacial score (nSPS) is 14.0. The van der Waals surface area contributed by atoms with Gasteiger partial charge in [0.15, 0.2) is 0 Å². The molecule has 0 atom stereocenters. The molecule has 0 radical (unpaired) electrons. The van der Waals surface area contributed by atoms with Crippen LogP contribution in [0.25, 0.3) is 73.7 Å². The van der Waals surface area contributed by atoms with Gasteiger partial charge in [-0.3, -0.25) is 0 Å². The maximum Gasteiger partial charge on any atom is 0.0720 e. The standard InChI is InChI=1S/C62H41NS.C56H37NS/c1-4-19-42(20-5-1)43-35-37-46(38-36-43)63(57-32-18-34-59-60(57)50-26-11-17-33-58(50)64-59)47-39-40-49-48-25-10-12-27-51(48)62(56(49)41-47)54-30-15-13-28-52(54)61(44-21-6-2-7-22-44,45-23-8-3-9-24-45)53-29-14-16-31-55(53)62;1-4-19-38(20-5-1)55(39-21-6-2-7-22-39)47-29-13-15-31-49(47)56(50-32-16-14-30-48(50)55)46-28-12-10-25-42(46)43-36-35-41(37-51(43)56)57(40-23-8-3-9-24-40)52-33-18-27-45-44-26-11-17-34-53(44)58-54(45)52/h1-41H;1-37H. The summed E-state index contributed by atoms with van der Waals surface area (Å²) in [5.41, 5.74) is 33.0. The molecule has 0 saturated heterocycles. The fraction of sp³-hybridized carbons (Fsp3) is 0.0339. The number of hydrogen-bond donors (Lipinski definition) is 0. The molecular weight excluding hydrogens is 1510 g/mol. The Hall–Kier alpha value is -14.8. The zero-order chi connectivity index (χ0) is 80.5. The van der Waals surface area contributed by atoms with Gasteiger partial charge in [-0.1, -0.05) is 394 Å². The Morgan fingerprint density at radius 2 is 0.475 bits per heavy atom. The van der Waals surface area contributed by atoms with Crippen molar-refractivity contribution in [3.63, 3.8) is 0 Å². The highest BCUT2D eigenvalue weighted by Crippen LogP contribution is 2.68. The van der Waals surface area contributed by atoms with E-state index in [-0.39, 0.29) is 0 Å². The SMILES string of the molecule is c1ccc(-c2ccc(N(c3ccc4c(c3)C3(c5ccccc5-4)c4ccccc4C(c4ccccc4)(c4ccccc4)c4ccccc43)c3cccc4sc5ccccc5c34)cc2)cc1.c1ccc(N(c2ccc3c(c2)C2(c4ccccc4-3)c3ccccc3C(c3ccccc3)(c3ccccc3)c3ccccc32)c2cccc3c2sc2ccccc23)cc1. The fourth-order valence-electron chi connectivity index (χ4n) is 22.1. The molecule has 0 saturated carbocycles. The summed E-state index contributed by atoms with van der Waals surface area (Å²) in [4.78, 5) is 4.99. The smallest absolute Gasteiger partial charge is 0.0720 e. The minimum atomic E-state index is -0.605. The average molecular weight is 1590 g/mol. The Labute approximate surface area is 718 Å². The van der Waals surface area contributed by atoms with Crippen LogP contribution in [-0.2, 0) is 21.7 Å². The molecule has 0 bridgehead atoms. The molecule has 25 rings (SSSR count). The Morgan fingerprint density at radius 3 is 0.934 bits per heavy atom. The number of para-hydroxylation sites is 1. The molecule has 2 aromatic heterocycles. The predicted molar refractivity (Wildman–Crippen MR) is 512 cm³/mol. The lowest BCUT2D eigenvalue weighted by Crippen LogP contribution is -2.44. The third-order valence-electron chi connectivity index (χ3n) is 26.8. The van der Waals surface area contributed by atoms with Crippen molar-refractivity contribution in [1.29, 1.82) is 0 Å². The van der Waals surface area contributed by atoms with Crippen LogP contribution >= 0.6 is 22.7 Å². The predicted octanol–water partition coefficient (Wildman–Crippen LogP) is 30.8. The molecule has 122 heavy (non-hydrogen) atoms. The van der Waals surface area contributed by atoms with Crippen molar-refractivity contribution < 1.29 is 0 Å². The summed E-state index contributed by atoms with van der Waals surface area (Å²) in [6.45, 7) is 0. The molecule has 4 aliphatic carbocycles. The lowest BCUT2D eigenvalue weighted by Gasteiger charge is -2.50. The highest BCUT2D eigenvalue weighted by molar-refractivity contribution is 7.26. The summed E-state index contributed by atoms with van der Waals surface area (Å²) in [7, 11) is 0. The van der Waals surface area contributed by atoms with E-state index in [9.17, 15) is 0 Å². The summed E-state index contributed by atoms with van der Waals surface area (Å²) in [5, 5.41) is 5.15. The van der Waals surface area contributed by atoms with E-state index >= 15 is 0 Å². The number of nitrogens with zero attached hydrogens (tertiary/aromatic N) is 2. The lowest BCUT2D eigenvalue weighted by atomic mass is 9.51. The first-order valence-corrected chi connectivity index (χ1v) is 43.9. The first-order valence-electron chi connectivity index (χ1n) is 42.3. The lowest BCUT2D eigenvalue weighted by molar-refractivity contribution is 0.623. The van der Waals surface area contributed by atoms with Gasteiger partial charge in [0.05, 0.1) is 37.7 Å². The van der Waals surface area contributed by atoms with Crippen molar-refractivity contribution in [1.82, 2.24) is 0 Å². The van der Waals surface area contributed by atoms with Gasteiger partial charge < -0.3 is 9.80 Å². The molecule has 19 aromatic carbocycles. The zero-order valence-corrected chi connectivity index (χ0v) is 68.4. The third kappa shape index (κ3) is 10.3. The first kappa shape index (κ1) is 71.3. The van der Waals surface area contributed by atoms with E-state index in [4.69, 9.17) is 0 Å². The van der Waals surface area contributed by atoms with E-state index in [1.807, 2.05) is 22.7 Å². The van der Waals surface area contributed by atoms with Gasteiger partial charge in [-0.2, -0.15) is 0 Å². The van der Waals surface area contributed by atoms with Gasteiger partial charge in [-0.25, -0.2) is 0 Å². The number of hydrogen-bond acceptors (Lipinski definition) is 4. The highest BCUT2D eigenvalue weighted by atomic mass is 32.1. The molecule has 0 unspecified atom stereocenters. The largest absolute Gasteiger partial charge is 0.310 e. The summed E-state index contributed by atoms with van der Waals surface area (Å²) < 4.78 is 5.17. The molecule has 0 N–H and O–H groups in total. The Bertz CT molecular complexity index is 7460. The van der Waals surface area contributed by atoms with E-state index in [0.29, 0.717) is 0 Å². The Kier molecular flexibility index (Phi) is 16.7. The third-order valence-corrected chi connectivity index (χ3v) is 29.2. The van der Waals surface area contributed by atoms with Crippen LogP contribution in [0.4, 0.5) is 34.1 Å². The number of thiophene rings is 2. The van der Waals surface area contributed by atoms with Crippen LogP contribution < -0.4 is 9.80 Å². The fourth-order valence-corrected chi connectivity index (χ4v) is 24.5. The molecular formula is C118H78N2S2. The number of rotatable bonds is 11. The minimum Gasteiger partial charge on any atom is -0.310 e. The van der Waals surface area contributed by atoms with E-state index in [0.717, 1.165) is 22.7 Å². The monoisotopic (exact) mass is 1590 g/mol. The minimum absolute atomic E-state index is 0.539. The van der Waals surface area contributed by atoms with Gasteiger partial charge >= 0.3 is 0 Å². The van der Waals surface area contributed by atoms with Crippen molar-refractivity contribution in [2.45, 2.75) is 21.7 Å². The van der Waals surface area contributed by atoms with Gasteiger partial charge in [0.25, 0.3) is 0 Å². The van der Waals surface area contributed by atoms with Crippen molar-refractivity contribution >= 4 is 97.1 Å². The first-order chi connectivity index (χ1) is 60.5. The number of benzene rings is 19. The summed E-state index contributed by atoms with van der Waals surface area (Å²) in [5.74, 6) is 0. The van der Waals surface area contributed by atoms with Crippen LogP contribution in [0.1, 0.15) is 89.0 Å². The second-order valence-electron chi connectivity index (χ2n) is 32.6. The molecule has 2 nitrogen and oxygen atoms in total. The average Bonchev–Trinajstić information content (AvgIpc) is 1.40. The molecule has 0 aliphatic heterocycles. The van der Waals surface area contributed by atoms with Crippen LogP contribution in [0.3, 0.4) is 0 Å². The van der Waals surface area contributed by atoms with Crippen LogP contribution in [0, 0.1) is 0 Å². The molecule has 4 heteroatoms. The number of anilines is 6. The van der Waals surface area contributed by atoms with E-state index in [1.54, 1.807) is 0 Å². The molecule has 2 spiro atoms. The molecule has 572 valence electrons. The quantitative estimate of drug-likeness (QED) is 0.127. The van der Waals surface area contributed by atoms with Crippen LogP contribution in [0.15, 0.2) is 473 Å². The zero-order valence-electron chi connectivity index (χ0n) is 66.7. The molecule has 0 fully saturated rings. The van der Waals surface area contributed by atoms with E-state index < -0.39 is 21.7 Å². The Balaban J connectivity index is 0.000000139. The Morgan fingerprint density at radius 1 is 0.172 bits per heavy atom. The van der Waals surface area contributed by atoms with Crippen molar-refractivity contribution in [3.8, 4) is 33.4 Å². The molecule has 21 aromatic rings. The van der Waals surface area contributed by atoms with Crippen molar-refractivity contribution in [2.75, 3.05) is 9.80 Å². The number of fused-ring (bicyclic) bond motifs is 24. The summed E-state index contributed by atoms with van der Waals surface area (Å²) >= 11 is 3.74. The van der Waals surface area contributed by atoms with Gasteiger partial charge in [0, 0.05) is 58.4 Å². The molecule has 4 aliphatic rings. The van der Waals surface area contributed by atoms with E-state index in [1.165, 1.54) is 174 Å². The maximum absolute atomic E-state index is 2.53. The highest BCUT2D eigenvalue weighted by Gasteiger charge is 2.59. The van der Waals surface area contributed by atoms with Crippen molar-refractivity contribution in [2.24, 2.45) is 0 Å². The van der Waals surface area contributed by atoms with Gasteiger partial charge in [0.2, 0.25) is 0 Å². The molecule has 0 amide bonds. The molecule has 2 heterocycles. The van der Waals surface area contributed by atoms with Crippen molar-refractivity contribution in [3.05, 3.63) is 562 Å². The van der Waals surface area contributed by atoms with Gasteiger partial charge in [0.1, 0.15) is 0 Å². The summed E-state index contributed by atoms with van der Waals surface area (Å²) in [6, 6.07) is 177.